The number of hydrogen-bond donors (Lipinski definition) is 1. The first-order valence-electron chi connectivity index (χ1n) is 8.89. The highest BCUT2D eigenvalue weighted by molar-refractivity contribution is 5.89. The number of carbonyl (C=O) groups excluding carboxylic acids is 1. The quantitative estimate of drug-likeness (QED) is 0.860. The summed E-state index contributed by atoms with van der Waals surface area (Å²) in [5, 5.41) is 3.55. The number of rotatable bonds is 4. The van der Waals surface area contributed by atoms with Crippen LogP contribution in [-0.4, -0.2) is 44.9 Å². The molecule has 6 heteroatoms. The second-order valence-corrected chi connectivity index (χ2v) is 6.58. The fraction of sp³-hybridized carbons (Fsp3) is 0.300. The van der Waals surface area contributed by atoms with Gasteiger partial charge in [-0.1, -0.05) is 18.7 Å². The minimum atomic E-state index is -0.0136. The Kier molecular flexibility index (Phi) is 4.48. The SMILES string of the molecule is C=CC(=O)N1CCC[C@@H](Nc2ncnc3c2C(c2cccnc2)=CC3)C1. The van der Waals surface area contributed by atoms with E-state index in [0.717, 1.165) is 54.0 Å². The fourth-order valence-electron chi connectivity index (χ4n) is 3.67. The molecule has 1 fully saturated rings. The highest BCUT2D eigenvalue weighted by Crippen LogP contribution is 2.35. The zero-order chi connectivity index (χ0) is 17.9. The molecule has 1 aliphatic carbocycles. The van der Waals surface area contributed by atoms with Gasteiger partial charge in [0.05, 0.1) is 5.69 Å². The van der Waals surface area contributed by atoms with Gasteiger partial charge in [-0.15, -0.1) is 0 Å². The second kappa shape index (κ2) is 7.07. The lowest BCUT2D eigenvalue weighted by atomic mass is 10.0. The fourth-order valence-corrected chi connectivity index (χ4v) is 3.67. The predicted molar refractivity (Wildman–Crippen MR) is 100 cm³/mol. The van der Waals surface area contributed by atoms with Crippen LogP contribution in [0.5, 0.6) is 0 Å². The van der Waals surface area contributed by atoms with Crippen molar-refractivity contribution < 1.29 is 4.79 Å². The van der Waals surface area contributed by atoms with Crippen molar-refractivity contribution in [2.75, 3.05) is 18.4 Å². The molecule has 0 aromatic carbocycles. The summed E-state index contributed by atoms with van der Waals surface area (Å²) >= 11 is 0. The van der Waals surface area contributed by atoms with E-state index < -0.39 is 0 Å². The van der Waals surface area contributed by atoms with Crippen LogP contribution in [0.1, 0.15) is 29.7 Å². The van der Waals surface area contributed by atoms with Crippen molar-refractivity contribution in [3.05, 3.63) is 66.4 Å². The number of allylic oxidation sites excluding steroid dienone is 1. The van der Waals surface area contributed by atoms with E-state index >= 15 is 0 Å². The number of carbonyl (C=O) groups is 1. The zero-order valence-electron chi connectivity index (χ0n) is 14.6. The molecule has 1 atom stereocenters. The summed E-state index contributed by atoms with van der Waals surface area (Å²) in [6.07, 6.45) is 11.6. The first-order valence-corrected chi connectivity index (χ1v) is 8.89. The van der Waals surface area contributed by atoms with Gasteiger partial charge in [-0.2, -0.15) is 0 Å². The van der Waals surface area contributed by atoms with Crippen LogP contribution in [0, 0.1) is 0 Å². The van der Waals surface area contributed by atoms with Crippen LogP contribution >= 0.6 is 0 Å². The van der Waals surface area contributed by atoms with E-state index in [2.05, 4.69) is 39.0 Å². The smallest absolute Gasteiger partial charge is 0.246 e. The molecule has 6 nitrogen and oxygen atoms in total. The van der Waals surface area contributed by atoms with Crippen LogP contribution in [0.3, 0.4) is 0 Å². The molecule has 26 heavy (non-hydrogen) atoms. The van der Waals surface area contributed by atoms with E-state index in [1.807, 2.05) is 17.2 Å². The molecule has 0 radical (unpaired) electrons. The Labute approximate surface area is 152 Å². The maximum atomic E-state index is 11.9. The lowest BCUT2D eigenvalue weighted by molar-refractivity contribution is -0.127. The summed E-state index contributed by atoms with van der Waals surface area (Å²) in [6.45, 7) is 5.04. The molecule has 1 N–H and O–H groups in total. The molecule has 1 amide bonds. The molecular formula is C20H21N5O. The van der Waals surface area contributed by atoms with Crippen molar-refractivity contribution in [3.8, 4) is 0 Å². The predicted octanol–water partition coefficient (Wildman–Crippen LogP) is 2.45. The van der Waals surface area contributed by atoms with Gasteiger partial charge in [0.25, 0.3) is 0 Å². The minimum absolute atomic E-state index is 0.0136. The third kappa shape index (κ3) is 3.10. The van der Waals surface area contributed by atoms with Gasteiger partial charge < -0.3 is 10.2 Å². The molecule has 0 bridgehead atoms. The van der Waals surface area contributed by atoms with Gasteiger partial charge >= 0.3 is 0 Å². The molecule has 2 aliphatic rings. The Morgan fingerprint density at radius 1 is 1.38 bits per heavy atom. The van der Waals surface area contributed by atoms with Crippen molar-refractivity contribution in [1.82, 2.24) is 19.9 Å². The first kappa shape index (κ1) is 16.4. The number of aromatic nitrogens is 3. The van der Waals surface area contributed by atoms with Crippen molar-refractivity contribution in [2.45, 2.75) is 25.3 Å². The number of piperidine rings is 1. The Morgan fingerprint density at radius 3 is 3.12 bits per heavy atom. The van der Waals surface area contributed by atoms with Crippen molar-refractivity contribution in [3.63, 3.8) is 0 Å². The number of nitrogens with one attached hydrogen (secondary N) is 1. The summed E-state index contributed by atoms with van der Waals surface area (Å²) in [4.78, 5) is 26.9. The largest absolute Gasteiger partial charge is 0.365 e. The van der Waals surface area contributed by atoms with Crippen molar-refractivity contribution >= 4 is 17.3 Å². The average molecular weight is 347 g/mol. The van der Waals surface area contributed by atoms with E-state index in [9.17, 15) is 4.79 Å². The molecule has 2 aromatic heterocycles. The maximum absolute atomic E-state index is 11.9. The highest BCUT2D eigenvalue weighted by Gasteiger charge is 2.26. The third-order valence-corrected chi connectivity index (χ3v) is 4.92. The Bertz CT molecular complexity index is 862. The van der Waals surface area contributed by atoms with E-state index in [4.69, 9.17) is 0 Å². The molecule has 2 aromatic rings. The number of likely N-dealkylation sites (tertiary alicyclic amines) is 1. The number of amides is 1. The Balaban J connectivity index is 1.59. The third-order valence-electron chi connectivity index (χ3n) is 4.92. The van der Waals surface area contributed by atoms with Gasteiger partial charge in [-0.05, 0) is 30.6 Å². The lowest BCUT2D eigenvalue weighted by Crippen LogP contribution is -2.44. The van der Waals surface area contributed by atoms with Crippen LogP contribution in [0.4, 0.5) is 5.82 Å². The second-order valence-electron chi connectivity index (χ2n) is 6.58. The standard InChI is InChI=1S/C20H21N5O/c1-2-18(26)25-10-4-6-15(12-25)24-20-19-16(14-5-3-9-21-11-14)7-8-17(19)22-13-23-20/h2-3,5,7,9,11,13,15H,1,4,6,8,10,12H2,(H,22,23,24)/t15-/m1/s1. The summed E-state index contributed by atoms with van der Waals surface area (Å²) < 4.78 is 0. The van der Waals surface area contributed by atoms with Gasteiger partial charge in [0.2, 0.25) is 5.91 Å². The topological polar surface area (TPSA) is 71.0 Å². The zero-order valence-corrected chi connectivity index (χ0v) is 14.6. The van der Waals surface area contributed by atoms with E-state index in [0.29, 0.717) is 6.54 Å². The molecular weight excluding hydrogens is 326 g/mol. The molecule has 0 unspecified atom stereocenters. The van der Waals surface area contributed by atoms with Gasteiger partial charge in [0, 0.05) is 49.1 Å². The molecule has 0 saturated carbocycles. The summed E-state index contributed by atoms with van der Waals surface area (Å²) in [5.74, 6) is 0.820. The van der Waals surface area contributed by atoms with Crippen LogP contribution in [0.15, 0.2) is 49.6 Å². The normalized spacial score (nSPS) is 18.8. The molecule has 0 spiro atoms. The molecule has 1 saturated heterocycles. The van der Waals surface area contributed by atoms with Gasteiger partial charge in [-0.3, -0.25) is 9.78 Å². The number of pyridine rings is 1. The van der Waals surface area contributed by atoms with E-state index in [1.54, 1.807) is 12.5 Å². The van der Waals surface area contributed by atoms with Crippen LogP contribution in [0.25, 0.3) is 5.57 Å². The number of nitrogens with zero attached hydrogens (tertiary/aromatic N) is 4. The minimum Gasteiger partial charge on any atom is -0.365 e. The molecule has 4 rings (SSSR count). The first-order chi connectivity index (χ1) is 12.8. The van der Waals surface area contributed by atoms with Gasteiger partial charge in [0.1, 0.15) is 12.1 Å². The number of fused-ring (bicyclic) bond motifs is 1. The van der Waals surface area contributed by atoms with E-state index in [-0.39, 0.29) is 11.9 Å². The maximum Gasteiger partial charge on any atom is 0.246 e. The van der Waals surface area contributed by atoms with Gasteiger partial charge in [-0.25, -0.2) is 9.97 Å². The average Bonchev–Trinajstić information content (AvgIpc) is 3.13. The molecule has 1 aliphatic heterocycles. The van der Waals surface area contributed by atoms with Crippen LogP contribution in [-0.2, 0) is 11.2 Å². The van der Waals surface area contributed by atoms with Gasteiger partial charge in [0.15, 0.2) is 0 Å². The Hall–Kier alpha value is -3.02. The Morgan fingerprint density at radius 2 is 2.31 bits per heavy atom. The van der Waals surface area contributed by atoms with Crippen molar-refractivity contribution in [1.29, 1.82) is 0 Å². The number of hydrogen-bond acceptors (Lipinski definition) is 5. The number of anilines is 1. The van der Waals surface area contributed by atoms with E-state index in [1.165, 1.54) is 6.08 Å². The summed E-state index contributed by atoms with van der Waals surface area (Å²) in [7, 11) is 0. The van der Waals surface area contributed by atoms with Crippen molar-refractivity contribution in [2.24, 2.45) is 0 Å². The summed E-state index contributed by atoms with van der Waals surface area (Å²) in [5.41, 5.74) is 4.26. The highest BCUT2D eigenvalue weighted by atomic mass is 16.2. The summed E-state index contributed by atoms with van der Waals surface area (Å²) in [6, 6.07) is 4.16. The van der Waals surface area contributed by atoms with Crippen LogP contribution in [0.2, 0.25) is 0 Å². The molecule has 3 heterocycles. The lowest BCUT2D eigenvalue weighted by Gasteiger charge is -2.33. The van der Waals surface area contributed by atoms with Crippen LogP contribution < -0.4 is 5.32 Å². The monoisotopic (exact) mass is 347 g/mol. The molecule has 132 valence electrons.